The van der Waals surface area contributed by atoms with Crippen LogP contribution in [0.1, 0.15) is 23.3 Å². The molecule has 0 fully saturated rings. The summed E-state index contributed by atoms with van der Waals surface area (Å²) in [7, 11) is 0. The predicted octanol–water partition coefficient (Wildman–Crippen LogP) is 2.06. The minimum Gasteiger partial charge on any atom is -0.446 e. The third-order valence-electron chi connectivity index (χ3n) is 1.89. The van der Waals surface area contributed by atoms with Crippen molar-refractivity contribution in [3.05, 3.63) is 35.7 Å². The molecule has 0 unspecified atom stereocenters. The number of nitrogens with zero attached hydrogens (tertiary/aromatic N) is 2. The Morgan fingerprint density at radius 2 is 1.36 bits per heavy atom. The summed E-state index contributed by atoms with van der Waals surface area (Å²) in [5.41, 5.74) is 0. The van der Waals surface area contributed by atoms with E-state index in [-0.39, 0.29) is 0 Å². The van der Waals surface area contributed by atoms with Crippen LogP contribution in [0.3, 0.4) is 0 Å². The van der Waals surface area contributed by atoms with Crippen molar-refractivity contribution in [3.63, 3.8) is 0 Å². The molecule has 2 aromatic heterocycles. The fraction of sp³-hybridized carbons (Fsp3) is 0.400. The Hall–Kier alpha value is -1.58. The van der Waals surface area contributed by atoms with Crippen LogP contribution in [-0.4, -0.2) is 9.97 Å². The lowest BCUT2D eigenvalue weighted by Crippen LogP contribution is -1.90. The number of hydrogen-bond acceptors (Lipinski definition) is 4. The number of hydrogen-bond donors (Lipinski definition) is 0. The van der Waals surface area contributed by atoms with E-state index in [4.69, 9.17) is 8.83 Å². The van der Waals surface area contributed by atoms with Crippen LogP contribution in [0.25, 0.3) is 0 Å². The SMILES string of the molecule is Cc1cnc(CCc2ncc(C)o2)o1. The van der Waals surface area contributed by atoms with Gasteiger partial charge in [-0.05, 0) is 13.8 Å². The van der Waals surface area contributed by atoms with Gasteiger partial charge in [-0.2, -0.15) is 0 Å². The Morgan fingerprint density at radius 3 is 1.64 bits per heavy atom. The molecule has 14 heavy (non-hydrogen) atoms. The van der Waals surface area contributed by atoms with Crippen LogP contribution in [0.5, 0.6) is 0 Å². The van der Waals surface area contributed by atoms with Gasteiger partial charge < -0.3 is 8.83 Å². The van der Waals surface area contributed by atoms with Gasteiger partial charge >= 0.3 is 0 Å². The van der Waals surface area contributed by atoms with Crippen LogP contribution in [-0.2, 0) is 12.8 Å². The van der Waals surface area contributed by atoms with E-state index in [0.717, 1.165) is 36.1 Å². The van der Waals surface area contributed by atoms with Crippen molar-refractivity contribution in [2.45, 2.75) is 26.7 Å². The Labute approximate surface area is 82.0 Å². The molecule has 0 spiro atoms. The minimum absolute atomic E-state index is 0.730. The second-order valence-corrected chi connectivity index (χ2v) is 3.23. The summed E-state index contributed by atoms with van der Waals surface area (Å²) in [6.07, 6.45) is 4.90. The molecule has 0 saturated carbocycles. The van der Waals surface area contributed by atoms with Crippen molar-refractivity contribution >= 4 is 0 Å². The average Bonchev–Trinajstić information content (AvgIpc) is 2.72. The maximum absolute atomic E-state index is 5.33. The van der Waals surface area contributed by atoms with Gasteiger partial charge in [-0.25, -0.2) is 9.97 Å². The molecule has 0 radical (unpaired) electrons. The number of aromatic nitrogens is 2. The van der Waals surface area contributed by atoms with Crippen LogP contribution in [0.4, 0.5) is 0 Å². The van der Waals surface area contributed by atoms with Crippen LogP contribution >= 0.6 is 0 Å². The van der Waals surface area contributed by atoms with Crippen molar-refractivity contribution in [1.82, 2.24) is 9.97 Å². The molecule has 0 atom stereocenters. The third kappa shape index (κ3) is 2.02. The van der Waals surface area contributed by atoms with Gasteiger partial charge in [0, 0.05) is 12.8 Å². The van der Waals surface area contributed by atoms with Crippen LogP contribution < -0.4 is 0 Å². The largest absolute Gasteiger partial charge is 0.446 e. The van der Waals surface area contributed by atoms with Crippen molar-refractivity contribution < 1.29 is 8.83 Å². The summed E-state index contributed by atoms with van der Waals surface area (Å²) in [5, 5.41) is 0. The van der Waals surface area contributed by atoms with Gasteiger partial charge in [-0.3, -0.25) is 0 Å². The van der Waals surface area contributed by atoms with E-state index in [1.54, 1.807) is 12.4 Å². The van der Waals surface area contributed by atoms with Gasteiger partial charge in [0.1, 0.15) is 11.5 Å². The van der Waals surface area contributed by atoms with Gasteiger partial charge in [0.15, 0.2) is 11.8 Å². The number of oxazole rings is 2. The maximum atomic E-state index is 5.33. The van der Waals surface area contributed by atoms with E-state index in [1.165, 1.54) is 0 Å². The Bertz CT molecular complexity index is 377. The molecule has 2 rings (SSSR count). The normalized spacial score (nSPS) is 10.7. The van der Waals surface area contributed by atoms with Crippen LogP contribution in [0, 0.1) is 13.8 Å². The number of rotatable bonds is 3. The molecule has 0 saturated heterocycles. The summed E-state index contributed by atoms with van der Waals surface area (Å²) in [6.45, 7) is 3.76. The molecule has 4 heteroatoms. The Kier molecular flexibility index (Phi) is 2.35. The smallest absolute Gasteiger partial charge is 0.194 e. The highest BCUT2D eigenvalue weighted by Gasteiger charge is 2.04. The first-order chi connectivity index (χ1) is 6.74. The van der Waals surface area contributed by atoms with Crippen molar-refractivity contribution in [1.29, 1.82) is 0 Å². The summed E-state index contributed by atoms with van der Waals surface area (Å²) in [6, 6.07) is 0. The standard InChI is InChI=1S/C10H12N2O2/c1-7-5-11-9(13-7)3-4-10-12-6-8(2)14-10/h5-6H,3-4H2,1-2H3. The lowest BCUT2D eigenvalue weighted by molar-refractivity contribution is 0.437. The number of aryl methyl sites for hydroxylation is 4. The fourth-order valence-corrected chi connectivity index (χ4v) is 1.25. The Balaban J connectivity index is 1.94. The van der Waals surface area contributed by atoms with Gasteiger partial charge in [-0.15, -0.1) is 0 Å². The van der Waals surface area contributed by atoms with E-state index >= 15 is 0 Å². The summed E-state index contributed by atoms with van der Waals surface area (Å²) in [5.74, 6) is 3.14. The first-order valence-corrected chi connectivity index (χ1v) is 4.56. The Morgan fingerprint density at radius 1 is 0.929 bits per heavy atom. The monoisotopic (exact) mass is 192 g/mol. The van der Waals surface area contributed by atoms with Crippen LogP contribution in [0.15, 0.2) is 21.2 Å². The first-order valence-electron chi connectivity index (χ1n) is 4.56. The zero-order valence-corrected chi connectivity index (χ0v) is 8.28. The first kappa shape index (κ1) is 8.99. The molecule has 2 heterocycles. The molecule has 74 valence electrons. The van der Waals surface area contributed by atoms with Gasteiger partial charge in [-0.1, -0.05) is 0 Å². The zero-order chi connectivity index (χ0) is 9.97. The third-order valence-corrected chi connectivity index (χ3v) is 1.89. The molecular weight excluding hydrogens is 180 g/mol. The van der Waals surface area contributed by atoms with E-state index in [2.05, 4.69) is 9.97 Å². The average molecular weight is 192 g/mol. The summed E-state index contributed by atoms with van der Waals surface area (Å²) >= 11 is 0. The zero-order valence-electron chi connectivity index (χ0n) is 8.28. The van der Waals surface area contributed by atoms with E-state index in [0.29, 0.717) is 0 Å². The van der Waals surface area contributed by atoms with Gasteiger partial charge in [0.05, 0.1) is 12.4 Å². The molecule has 0 amide bonds. The summed E-state index contributed by atoms with van der Waals surface area (Å²) < 4.78 is 10.7. The quantitative estimate of drug-likeness (QED) is 0.746. The van der Waals surface area contributed by atoms with E-state index < -0.39 is 0 Å². The van der Waals surface area contributed by atoms with E-state index in [9.17, 15) is 0 Å². The highest BCUT2D eigenvalue weighted by Crippen LogP contribution is 2.08. The lowest BCUT2D eigenvalue weighted by Gasteiger charge is -1.91. The molecule has 0 aliphatic carbocycles. The second-order valence-electron chi connectivity index (χ2n) is 3.23. The highest BCUT2D eigenvalue weighted by molar-refractivity contribution is 4.95. The molecular formula is C10H12N2O2. The molecule has 0 aliphatic heterocycles. The molecule has 4 nitrogen and oxygen atoms in total. The minimum atomic E-state index is 0.730. The molecule has 0 aliphatic rings. The predicted molar refractivity (Wildman–Crippen MR) is 49.9 cm³/mol. The van der Waals surface area contributed by atoms with Gasteiger partial charge in [0.25, 0.3) is 0 Å². The van der Waals surface area contributed by atoms with E-state index in [1.807, 2.05) is 13.8 Å². The topological polar surface area (TPSA) is 52.1 Å². The highest BCUT2D eigenvalue weighted by atomic mass is 16.4. The van der Waals surface area contributed by atoms with Crippen molar-refractivity contribution in [2.24, 2.45) is 0 Å². The maximum Gasteiger partial charge on any atom is 0.194 e. The molecule has 0 bridgehead atoms. The van der Waals surface area contributed by atoms with Crippen molar-refractivity contribution in [2.75, 3.05) is 0 Å². The molecule has 0 N–H and O–H groups in total. The lowest BCUT2D eigenvalue weighted by atomic mass is 10.3. The second kappa shape index (κ2) is 3.65. The summed E-state index contributed by atoms with van der Waals surface area (Å²) in [4.78, 5) is 8.20. The van der Waals surface area contributed by atoms with Crippen molar-refractivity contribution in [3.8, 4) is 0 Å². The molecule has 2 aromatic rings. The fourth-order valence-electron chi connectivity index (χ4n) is 1.25. The van der Waals surface area contributed by atoms with Gasteiger partial charge in [0.2, 0.25) is 0 Å². The van der Waals surface area contributed by atoms with Crippen LogP contribution in [0.2, 0.25) is 0 Å². The molecule has 0 aromatic carbocycles.